The minimum atomic E-state index is -1.11. The van der Waals surface area contributed by atoms with Gasteiger partial charge in [0.2, 0.25) is 0 Å². The lowest BCUT2D eigenvalue weighted by molar-refractivity contribution is 0.0224. The molecule has 0 amide bonds. The van der Waals surface area contributed by atoms with Crippen LogP contribution in [0.3, 0.4) is 0 Å². The molecule has 0 bridgehead atoms. The molecule has 2 aliphatic heterocycles. The van der Waals surface area contributed by atoms with Gasteiger partial charge in [-0.25, -0.2) is 4.79 Å². The smallest absolute Gasteiger partial charge is 0.340 e. The first kappa shape index (κ1) is 26.8. The Balaban J connectivity index is 1.40. The molecule has 0 N–H and O–H groups in total. The van der Waals surface area contributed by atoms with Crippen LogP contribution in [0.25, 0.3) is 0 Å². The number of rotatable bonds is 8. The van der Waals surface area contributed by atoms with Crippen LogP contribution in [0.4, 0.5) is 11.4 Å². The number of fused-ring (bicyclic) bond motifs is 6. The maximum Gasteiger partial charge on any atom is 0.340 e. The average molecular weight is 567 g/mol. The molecule has 214 valence electrons. The van der Waals surface area contributed by atoms with Crippen LogP contribution in [-0.2, 0) is 23.4 Å². The van der Waals surface area contributed by atoms with E-state index in [4.69, 9.17) is 9.47 Å². The number of ether oxygens (including phenoxy) is 2. The average Bonchev–Trinajstić information content (AvgIpc) is 3.35. The van der Waals surface area contributed by atoms with Crippen LogP contribution in [0.1, 0.15) is 52.0 Å². The van der Waals surface area contributed by atoms with Crippen molar-refractivity contribution in [2.45, 2.75) is 32.5 Å². The van der Waals surface area contributed by atoms with Crippen LogP contribution in [-0.4, -0.2) is 19.1 Å². The summed E-state index contributed by atoms with van der Waals surface area (Å²) < 4.78 is 13.1. The minimum Gasteiger partial charge on any atom is -0.456 e. The van der Waals surface area contributed by atoms with Crippen molar-refractivity contribution in [1.82, 2.24) is 0 Å². The maximum absolute atomic E-state index is 13.4. The summed E-state index contributed by atoms with van der Waals surface area (Å²) in [5.74, 6) is 1.08. The van der Waals surface area contributed by atoms with Crippen LogP contribution in [0.2, 0.25) is 0 Å². The van der Waals surface area contributed by atoms with Gasteiger partial charge in [-0.15, -0.1) is 0 Å². The second kappa shape index (κ2) is 11.0. The van der Waals surface area contributed by atoms with Gasteiger partial charge in [-0.05, 0) is 61.4 Å². The molecule has 5 aromatic rings. The van der Waals surface area contributed by atoms with Crippen LogP contribution in [0.5, 0.6) is 11.5 Å². The Morgan fingerprint density at radius 2 is 1.19 bits per heavy atom. The zero-order valence-electron chi connectivity index (χ0n) is 24.5. The Hall–Kier alpha value is -5.03. The molecular formula is C38H34N2O3. The number of hydrogen-bond acceptors (Lipinski definition) is 5. The van der Waals surface area contributed by atoms with E-state index in [-0.39, 0.29) is 5.97 Å². The van der Waals surface area contributed by atoms with Crippen LogP contribution < -0.4 is 14.5 Å². The van der Waals surface area contributed by atoms with Gasteiger partial charge in [0.1, 0.15) is 11.5 Å². The van der Waals surface area contributed by atoms with E-state index in [9.17, 15) is 4.79 Å². The molecule has 0 radical (unpaired) electrons. The molecule has 5 heteroatoms. The van der Waals surface area contributed by atoms with Gasteiger partial charge in [0.15, 0.2) is 5.60 Å². The van der Waals surface area contributed by atoms with Crippen molar-refractivity contribution in [2.75, 3.05) is 22.9 Å². The summed E-state index contributed by atoms with van der Waals surface area (Å²) in [6, 6.07) is 41.3. The Kier molecular flexibility index (Phi) is 6.86. The third kappa shape index (κ3) is 4.62. The summed E-state index contributed by atoms with van der Waals surface area (Å²) >= 11 is 0. The second-order valence-electron chi connectivity index (χ2n) is 11.1. The van der Waals surface area contributed by atoms with E-state index in [1.165, 1.54) is 11.1 Å². The number of hydrogen-bond donors (Lipinski definition) is 0. The molecule has 2 aliphatic rings. The van der Waals surface area contributed by atoms with Crippen molar-refractivity contribution in [3.63, 3.8) is 0 Å². The third-order valence-corrected chi connectivity index (χ3v) is 8.61. The number of carbonyl (C=O) groups excluding carboxylic acids is 1. The largest absolute Gasteiger partial charge is 0.456 e. The van der Waals surface area contributed by atoms with E-state index < -0.39 is 5.60 Å². The monoisotopic (exact) mass is 566 g/mol. The lowest BCUT2D eigenvalue weighted by Gasteiger charge is -2.38. The normalized spacial score (nSPS) is 16.1. The molecule has 0 fully saturated rings. The fraction of sp³-hybridized carbons (Fsp3) is 0.184. The molecule has 0 saturated heterocycles. The topological polar surface area (TPSA) is 42.0 Å². The molecule has 1 unspecified atom stereocenters. The predicted octanol–water partition coefficient (Wildman–Crippen LogP) is 8.31. The molecule has 1 spiro atoms. The van der Waals surface area contributed by atoms with Crippen LogP contribution in [0.15, 0.2) is 121 Å². The fourth-order valence-corrected chi connectivity index (χ4v) is 6.48. The molecule has 1 atom stereocenters. The van der Waals surface area contributed by atoms with Crippen molar-refractivity contribution in [3.05, 3.63) is 155 Å². The van der Waals surface area contributed by atoms with E-state index in [0.29, 0.717) is 17.1 Å². The highest BCUT2D eigenvalue weighted by Crippen LogP contribution is 2.57. The summed E-state index contributed by atoms with van der Waals surface area (Å²) in [6.07, 6.45) is 0. The molecule has 2 heterocycles. The molecule has 0 saturated carbocycles. The van der Waals surface area contributed by atoms with Gasteiger partial charge >= 0.3 is 5.97 Å². The molecule has 5 aromatic carbocycles. The van der Waals surface area contributed by atoms with E-state index in [1.54, 1.807) is 0 Å². The standard InChI is InChI=1S/C38H34N2O3/c1-3-39(4-2)30-19-21-33-36(24-30)42-35-22-20-29(23-34(35)38(33)32-18-12-11-17-31(32)37(41)43-38)40(25-27-13-7-5-8-14-27)26-28-15-9-6-10-16-28/h5-24H,3-4,25-26H2,1-2H3. The summed E-state index contributed by atoms with van der Waals surface area (Å²) in [5, 5.41) is 0. The van der Waals surface area contributed by atoms with E-state index >= 15 is 0 Å². The predicted molar refractivity (Wildman–Crippen MR) is 171 cm³/mol. The van der Waals surface area contributed by atoms with Gasteiger partial charge < -0.3 is 19.3 Å². The maximum atomic E-state index is 13.4. The Morgan fingerprint density at radius 3 is 1.86 bits per heavy atom. The highest BCUT2D eigenvalue weighted by Gasteiger charge is 2.53. The molecule has 7 rings (SSSR count). The molecule has 5 nitrogen and oxygen atoms in total. The van der Waals surface area contributed by atoms with Gasteiger partial charge in [-0.2, -0.15) is 0 Å². The van der Waals surface area contributed by atoms with Crippen LogP contribution >= 0.6 is 0 Å². The summed E-state index contributed by atoms with van der Waals surface area (Å²) in [7, 11) is 0. The van der Waals surface area contributed by atoms with E-state index in [2.05, 4.69) is 103 Å². The number of esters is 1. The van der Waals surface area contributed by atoms with Crippen molar-refractivity contribution in [1.29, 1.82) is 0 Å². The summed E-state index contributed by atoms with van der Waals surface area (Å²) in [5.41, 5.74) is 6.52. The molecular weight excluding hydrogens is 532 g/mol. The van der Waals surface area contributed by atoms with Crippen molar-refractivity contribution in [2.24, 2.45) is 0 Å². The second-order valence-corrected chi connectivity index (χ2v) is 11.1. The lowest BCUT2D eigenvalue weighted by atomic mass is 9.77. The van der Waals surface area contributed by atoms with Crippen molar-refractivity contribution >= 4 is 17.3 Å². The van der Waals surface area contributed by atoms with E-state index in [0.717, 1.165) is 54.2 Å². The first-order chi connectivity index (χ1) is 21.1. The summed E-state index contributed by atoms with van der Waals surface area (Å²) in [6.45, 7) is 7.51. The zero-order valence-corrected chi connectivity index (χ0v) is 24.5. The Bertz CT molecular complexity index is 1740. The number of carbonyl (C=O) groups is 1. The van der Waals surface area contributed by atoms with Crippen molar-refractivity contribution in [3.8, 4) is 11.5 Å². The Morgan fingerprint density at radius 1 is 0.581 bits per heavy atom. The highest BCUT2D eigenvalue weighted by atomic mass is 16.6. The molecule has 43 heavy (non-hydrogen) atoms. The number of nitrogens with zero attached hydrogens (tertiary/aromatic N) is 2. The van der Waals surface area contributed by atoms with Crippen LogP contribution in [0, 0.1) is 0 Å². The molecule has 0 aromatic heterocycles. The Labute approximate surface area is 252 Å². The third-order valence-electron chi connectivity index (χ3n) is 8.61. The zero-order chi connectivity index (χ0) is 29.4. The van der Waals surface area contributed by atoms with Crippen molar-refractivity contribution < 1.29 is 14.3 Å². The quantitative estimate of drug-likeness (QED) is 0.177. The first-order valence-electron chi connectivity index (χ1n) is 15.0. The number of anilines is 2. The number of benzene rings is 5. The van der Waals surface area contributed by atoms with Gasteiger partial charge in [0, 0.05) is 60.3 Å². The summed E-state index contributed by atoms with van der Waals surface area (Å²) in [4.78, 5) is 18.1. The van der Waals surface area contributed by atoms with Gasteiger partial charge in [0.05, 0.1) is 5.56 Å². The highest BCUT2D eigenvalue weighted by molar-refractivity contribution is 5.97. The minimum absolute atomic E-state index is 0.321. The fourth-order valence-electron chi connectivity index (χ4n) is 6.48. The van der Waals surface area contributed by atoms with Gasteiger partial charge in [0.25, 0.3) is 0 Å². The van der Waals surface area contributed by atoms with Gasteiger partial charge in [-0.1, -0.05) is 78.9 Å². The first-order valence-corrected chi connectivity index (χ1v) is 15.0. The molecule has 0 aliphatic carbocycles. The lowest BCUT2D eigenvalue weighted by Crippen LogP contribution is -2.34. The van der Waals surface area contributed by atoms with Gasteiger partial charge in [-0.3, -0.25) is 0 Å². The SMILES string of the molecule is CCN(CC)c1ccc2c(c1)Oc1ccc(N(Cc3ccccc3)Cc3ccccc3)cc1C21OC(=O)c2ccccc21. The van der Waals surface area contributed by atoms with E-state index in [1.807, 2.05) is 42.5 Å².